The third kappa shape index (κ3) is 3.67. The fourth-order valence-electron chi connectivity index (χ4n) is 1.73. The van der Waals surface area contributed by atoms with Crippen LogP contribution >= 0.6 is 11.6 Å². The molecule has 1 heterocycles. The number of hydrogen-bond donors (Lipinski definition) is 2. The molecule has 0 aliphatic rings. The minimum absolute atomic E-state index is 0.464. The van der Waals surface area contributed by atoms with Crippen molar-refractivity contribution in [1.29, 1.82) is 0 Å². The van der Waals surface area contributed by atoms with E-state index in [4.69, 9.17) is 11.6 Å². The first-order valence-electron chi connectivity index (χ1n) is 6.33. The predicted octanol–water partition coefficient (Wildman–Crippen LogP) is 4.01. The lowest BCUT2D eigenvalue weighted by atomic mass is 10.3. The molecular weight excluding hydrogens is 286 g/mol. The Kier molecular flexibility index (Phi) is 3.93. The molecule has 0 aliphatic carbocycles. The first kappa shape index (κ1) is 13.3. The molecule has 2 aromatic carbocycles. The van der Waals surface area contributed by atoms with Crippen molar-refractivity contribution in [3.05, 3.63) is 65.9 Å². The van der Waals surface area contributed by atoms with Crippen LogP contribution in [0.25, 0.3) is 0 Å². The van der Waals surface area contributed by atoms with Crippen molar-refractivity contribution in [1.82, 2.24) is 15.0 Å². The van der Waals surface area contributed by atoms with Crippen molar-refractivity contribution in [3.63, 3.8) is 0 Å². The molecule has 0 atom stereocenters. The lowest BCUT2D eigenvalue weighted by molar-refractivity contribution is 1.06. The van der Waals surface area contributed by atoms with Gasteiger partial charge >= 0.3 is 0 Å². The Labute approximate surface area is 127 Å². The average molecular weight is 298 g/mol. The van der Waals surface area contributed by atoms with Crippen molar-refractivity contribution in [2.75, 3.05) is 10.6 Å². The summed E-state index contributed by atoms with van der Waals surface area (Å²) < 4.78 is 0. The predicted molar refractivity (Wildman–Crippen MR) is 84.3 cm³/mol. The highest BCUT2D eigenvalue weighted by molar-refractivity contribution is 6.30. The second-order valence-corrected chi connectivity index (χ2v) is 4.69. The molecule has 0 bridgehead atoms. The summed E-state index contributed by atoms with van der Waals surface area (Å²) >= 11 is 5.85. The van der Waals surface area contributed by atoms with Gasteiger partial charge in [0.05, 0.1) is 0 Å². The van der Waals surface area contributed by atoms with E-state index in [0.717, 1.165) is 11.4 Å². The standard InChI is InChI=1S/C15H12ClN5/c16-11-6-8-13(9-7-11)20-15-18-10-17-14(21-15)19-12-4-2-1-3-5-12/h1-10H,(H2,17,18,19,20,21). The van der Waals surface area contributed by atoms with Crippen molar-refractivity contribution in [2.45, 2.75) is 0 Å². The van der Waals surface area contributed by atoms with E-state index in [1.807, 2.05) is 42.5 Å². The number of nitrogens with zero attached hydrogens (tertiary/aromatic N) is 3. The Morgan fingerprint density at radius 1 is 0.714 bits per heavy atom. The van der Waals surface area contributed by atoms with E-state index >= 15 is 0 Å². The van der Waals surface area contributed by atoms with Crippen LogP contribution in [0.5, 0.6) is 0 Å². The van der Waals surface area contributed by atoms with Gasteiger partial charge in [-0.15, -0.1) is 0 Å². The zero-order valence-electron chi connectivity index (χ0n) is 11.0. The number of rotatable bonds is 4. The number of anilines is 4. The number of hydrogen-bond acceptors (Lipinski definition) is 5. The van der Waals surface area contributed by atoms with E-state index in [2.05, 4.69) is 25.6 Å². The Morgan fingerprint density at radius 2 is 1.29 bits per heavy atom. The molecule has 2 N–H and O–H groups in total. The highest BCUT2D eigenvalue weighted by Crippen LogP contribution is 2.17. The van der Waals surface area contributed by atoms with Gasteiger partial charge in [0, 0.05) is 16.4 Å². The van der Waals surface area contributed by atoms with Crippen LogP contribution in [0.4, 0.5) is 23.3 Å². The molecule has 5 nitrogen and oxygen atoms in total. The zero-order valence-corrected chi connectivity index (χ0v) is 11.7. The van der Waals surface area contributed by atoms with Gasteiger partial charge in [0.25, 0.3) is 0 Å². The van der Waals surface area contributed by atoms with Gasteiger partial charge < -0.3 is 10.6 Å². The Morgan fingerprint density at radius 3 is 1.90 bits per heavy atom. The third-order valence-corrected chi connectivity index (χ3v) is 2.95. The normalized spacial score (nSPS) is 10.1. The molecule has 0 fully saturated rings. The van der Waals surface area contributed by atoms with Gasteiger partial charge in [0.1, 0.15) is 6.33 Å². The van der Waals surface area contributed by atoms with Crippen LogP contribution in [0.3, 0.4) is 0 Å². The van der Waals surface area contributed by atoms with Gasteiger partial charge in [-0.25, -0.2) is 9.97 Å². The van der Waals surface area contributed by atoms with Gasteiger partial charge in [0.2, 0.25) is 11.9 Å². The second kappa shape index (κ2) is 6.19. The van der Waals surface area contributed by atoms with Crippen molar-refractivity contribution in [3.8, 4) is 0 Å². The summed E-state index contributed by atoms with van der Waals surface area (Å²) in [7, 11) is 0. The van der Waals surface area contributed by atoms with Crippen LogP contribution < -0.4 is 10.6 Å². The summed E-state index contributed by atoms with van der Waals surface area (Å²) in [5.41, 5.74) is 1.78. The van der Waals surface area contributed by atoms with Gasteiger partial charge in [-0.1, -0.05) is 29.8 Å². The van der Waals surface area contributed by atoms with E-state index < -0.39 is 0 Å². The van der Waals surface area contributed by atoms with E-state index in [1.54, 1.807) is 12.1 Å². The molecular formula is C15H12ClN5. The minimum atomic E-state index is 0.464. The number of halogens is 1. The molecule has 0 saturated heterocycles. The Bertz CT molecular complexity index is 716. The average Bonchev–Trinajstić information content (AvgIpc) is 2.51. The third-order valence-electron chi connectivity index (χ3n) is 2.70. The molecule has 0 amide bonds. The summed E-state index contributed by atoms with van der Waals surface area (Å²) in [6.07, 6.45) is 1.45. The van der Waals surface area contributed by atoms with Gasteiger partial charge in [-0.3, -0.25) is 0 Å². The van der Waals surface area contributed by atoms with E-state index in [0.29, 0.717) is 16.9 Å². The highest BCUT2D eigenvalue weighted by Gasteiger charge is 2.02. The summed E-state index contributed by atoms with van der Waals surface area (Å²) in [5, 5.41) is 6.90. The Balaban J connectivity index is 1.75. The van der Waals surface area contributed by atoms with Crippen LogP contribution in [-0.4, -0.2) is 15.0 Å². The smallest absolute Gasteiger partial charge is 0.232 e. The maximum atomic E-state index is 5.85. The minimum Gasteiger partial charge on any atom is -0.324 e. The van der Waals surface area contributed by atoms with Crippen LogP contribution in [0, 0.1) is 0 Å². The summed E-state index contributed by atoms with van der Waals surface area (Å²) in [4.78, 5) is 12.5. The van der Waals surface area contributed by atoms with E-state index in [-0.39, 0.29) is 0 Å². The molecule has 0 saturated carbocycles. The molecule has 104 valence electrons. The first-order valence-corrected chi connectivity index (χ1v) is 6.71. The Hall–Kier alpha value is -2.66. The maximum Gasteiger partial charge on any atom is 0.232 e. The van der Waals surface area contributed by atoms with Gasteiger partial charge in [-0.05, 0) is 36.4 Å². The first-order chi connectivity index (χ1) is 10.3. The molecule has 3 rings (SSSR count). The quantitative estimate of drug-likeness (QED) is 0.762. The largest absolute Gasteiger partial charge is 0.324 e. The summed E-state index contributed by atoms with van der Waals surface area (Å²) in [5.74, 6) is 0.943. The SMILES string of the molecule is Clc1ccc(Nc2ncnc(Nc3ccccc3)n2)cc1. The maximum absolute atomic E-state index is 5.85. The van der Waals surface area contributed by atoms with Gasteiger partial charge in [-0.2, -0.15) is 4.98 Å². The molecule has 0 unspecified atom stereocenters. The fourth-order valence-corrected chi connectivity index (χ4v) is 1.86. The lowest BCUT2D eigenvalue weighted by Gasteiger charge is -2.07. The molecule has 0 aliphatic heterocycles. The van der Waals surface area contributed by atoms with Crippen LogP contribution in [-0.2, 0) is 0 Å². The lowest BCUT2D eigenvalue weighted by Crippen LogP contribution is -2.02. The van der Waals surface area contributed by atoms with E-state index in [1.165, 1.54) is 6.33 Å². The number of para-hydroxylation sites is 1. The summed E-state index contributed by atoms with van der Waals surface area (Å²) in [6.45, 7) is 0. The van der Waals surface area contributed by atoms with Gasteiger partial charge in [0.15, 0.2) is 0 Å². The second-order valence-electron chi connectivity index (χ2n) is 4.26. The van der Waals surface area contributed by atoms with Crippen LogP contribution in [0.2, 0.25) is 5.02 Å². The molecule has 6 heteroatoms. The van der Waals surface area contributed by atoms with Crippen molar-refractivity contribution < 1.29 is 0 Å². The molecule has 0 radical (unpaired) electrons. The molecule has 21 heavy (non-hydrogen) atoms. The molecule has 0 spiro atoms. The number of aromatic nitrogens is 3. The van der Waals surface area contributed by atoms with Crippen molar-refractivity contribution in [2.24, 2.45) is 0 Å². The highest BCUT2D eigenvalue weighted by atomic mass is 35.5. The van der Waals surface area contributed by atoms with Crippen LogP contribution in [0.1, 0.15) is 0 Å². The number of benzene rings is 2. The summed E-state index contributed by atoms with van der Waals surface area (Å²) in [6, 6.07) is 17.0. The topological polar surface area (TPSA) is 62.7 Å². The van der Waals surface area contributed by atoms with E-state index in [9.17, 15) is 0 Å². The van der Waals surface area contributed by atoms with Crippen molar-refractivity contribution >= 4 is 34.9 Å². The fraction of sp³-hybridized carbons (Fsp3) is 0. The zero-order chi connectivity index (χ0) is 14.5. The number of nitrogens with one attached hydrogen (secondary N) is 2. The molecule has 3 aromatic rings. The monoisotopic (exact) mass is 297 g/mol. The van der Waals surface area contributed by atoms with Crippen LogP contribution in [0.15, 0.2) is 60.9 Å². The molecule has 1 aromatic heterocycles.